The molecule has 0 radical (unpaired) electrons. The summed E-state index contributed by atoms with van der Waals surface area (Å²) in [6.07, 6.45) is -0.126. The summed E-state index contributed by atoms with van der Waals surface area (Å²) < 4.78 is 13.6. The lowest BCUT2D eigenvalue weighted by atomic mass is 10.2. The number of amides is 3. The molecule has 25 heavy (non-hydrogen) atoms. The van der Waals surface area contributed by atoms with Crippen molar-refractivity contribution in [2.24, 2.45) is 0 Å². The van der Waals surface area contributed by atoms with Crippen LogP contribution in [0.25, 0.3) is 0 Å². The van der Waals surface area contributed by atoms with Gasteiger partial charge >= 0.3 is 0 Å². The number of imide groups is 1. The van der Waals surface area contributed by atoms with Crippen molar-refractivity contribution in [3.8, 4) is 0 Å². The molecule has 1 aliphatic heterocycles. The van der Waals surface area contributed by atoms with Crippen molar-refractivity contribution in [2.45, 2.75) is 12.5 Å². The maximum absolute atomic E-state index is 13.6. The minimum absolute atomic E-state index is 0.126. The van der Waals surface area contributed by atoms with Crippen LogP contribution in [0.2, 0.25) is 5.02 Å². The van der Waals surface area contributed by atoms with Crippen molar-refractivity contribution in [3.63, 3.8) is 0 Å². The number of halogens is 2. The van der Waals surface area contributed by atoms with Gasteiger partial charge < -0.3 is 0 Å². The van der Waals surface area contributed by atoms with Crippen LogP contribution >= 0.6 is 11.6 Å². The zero-order valence-electron chi connectivity index (χ0n) is 12.8. The summed E-state index contributed by atoms with van der Waals surface area (Å²) in [5.74, 6) is -2.34. The second-order valence-electron chi connectivity index (χ2n) is 5.38. The highest BCUT2D eigenvalue weighted by molar-refractivity contribution is 6.30. The van der Waals surface area contributed by atoms with Gasteiger partial charge in [-0.05, 0) is 36.4 Å². The lowest BCUT2D eigenvalue weighted by Crippen LogP contribution is -2.48. The Morgan fingerprint density at radius 2 is 1.80 bits per heavy atom. The SMILES string of the molecule is O=C(NN[C@H]1CC(=O)N(c2ccc(Cl)cc2)C1=O)c1ccccc1F. The number of benzene rings is 2. The Kier molecular flexibility index (Phi) is 4.78. The molecule has 2 aromatic carbocycles. The Bertz CT molecular complexity index is 841. The molecular formula is C17H13ClFN3O3. The van der Waals surface area contributed by atoms with Crippen LogP contribution in [0.3, 0.4) is 0 Å². The van der Waals surface area contributed by atoms with Crippen molar-refractivity contribution < 1.29 is 18.8 Å². The summed E-state index contributed by atoms with van der Waals surface area (Å²) in [6.45, 7) is 0. The van der Waals surface area contributed by atoms with Gasteiger partial charge in [0.05, 0.1) is 17.7 Å². The van der Waals surface area contributed by atoms with Crippen molar-refractivity contribution in [2.75, 3.05) is 4.90 Å². The molecule has 0 aromatic heterocycles. The van der Waals surface area contributed by atoms with E-state index in [1.165, 1.54) is 18.2 Å². The Balaban J connectivity index is 1.67. The molecule has 128 valence electrons. The van der Waals surface area contributed by atoms with Gasteiger partial charge in [-0.3, -0.25) is 19.8 Å². The van der Waals surface area contributed by atoms with Gasteiger partial charge in [-0.15, -0.1) is 0 Å². The molecule has 0 aliphatic carbocycles. The highest BCUT2D eigenvalue weighted by Crippen LogP contribution is 2.24. The van der Waals surface area contributed by atoms with E-state index >= 15 is 0 Å². The average Bonchev–Trinajstić information content (AvgIpc) is 2.88. The fourth-order valence-electron chi connectivity index (χ4n) is 2.47. The molecule has 1 heterocycles. The van der Waals surface area contributed by atoms with E-state index in [1.807, 2.05) is 0 Å². The number of hydrazine groups is 1. The van der Waals surface area contributed by atoms with Crippen LogP contribution in [0.5, 0.6) is 0 Å². The molecule has 2 N–H and O–H groups in total. The highest BCUT2D eigenvalue weighted by atomic mass is 35.5. The number of carbonyl (C=O) groups is 3. The van der Waals surface area contributed by atoms with Crippen molar-refractivity contribution in [1.82, 2.24) is 10.9 Å². The van der Waals surface area contributed by atoms with Crippen LogP contribution in [-0.4, -0.2) is 23.8 Å². The molecule has 0 spiro atoms. The molecule has 3 amide bonds. The van der Waals surface area contributed by atoms with Crippen LogP contribution in [0.4, 0.5) is 10.1 Å². The monoisotopic (exact) mass is 361 g/mol. The van der Waals surface area contributed by atoms with Gasteiger partial charge in [-0.25, -0.2) is 14.7 Å². The zero-order valence-corrected chi connectivity index (χ0v) is 13.6. The van der Waals surface area contributed by atoms with Gasteiger partial charge in [0.15, 0.2) is 0 Å². The smallest absolute Gasteiger partial charge is 0.268 e. The zero-order chi connectivity index (χ0) is 18.0. The quantitative estimate of drug-likeness (QED) is 0.645. The minimum atomic E-state index is -0.932. The molecule has 0 unspecified atom stereocenters. The standard InChI is InChI=1S/C17H13ClFN3O3/c18-10-5-7-11(8-6-10)22-15(23)9-14(17(22)25)20-21-16(24)12-3-1-2-4-13(12)19/h1-8,14,20H,9H2,(H,21,24)/t14-/m0/s1. The molecule has 8 heteroatoms. The van der Waals surface area contributed by atoms with Crippen molar-refractivity contribution >= 4 is 35.0 Å². The number of carbonyl (C=O) groups excluding carboxylic acids is 3. The van der Waals surface area contributed by atoms with Gasteiger partial charge in [0.2, 0.25) is 5.91 Å². The van der Waals surface area contributed by atoms with Crippen LogP contribution in [0.15, 0.2) is 48.5 Å². The first kappa shape index (κ1) is 17.1. The fraction of sp³-hybridized carbons (Fsp3) is 0.118. The van der Waals surface area contributed by atoms with Gasteiger partial charge in [0, 0.05) is 5.02 Å². The summed E-state index contributed by atoms with van der Waals surface area (Å²) in [6, 6.07) is 10.8. The van der Waals surface area contributed by atoms with E-state index in [0.29, 0.717) is 10.7 Å². The molecular weight excluding hydrogens is 349 g/mol. The van der Waals surface area contributed by atoms with E-state index in [2.05, 4.69) is 10.9 Å². The normalized spacial score (nSPS) is 17.0. The molecule has 0 bridgehead atoms. The Hall–Kier alpha value is -2.77. The van der Waals surface area contributed by atoms with E-state index < -0.39 is 29.6 Å². The Morgan fingerprint density at radius 3 is 2.48 bits per heavy atom. The van der Waals surface area contributed by atoms with E-state index in [0.717, 1.165) is 11.0 Å². The number of nitrogens with one attached hydrogen (secondary N) is 2. The van der Waals surface area contributed by atoms with Gasteiger partial charge in [0.1, 0.15) is 11.9 Å². The summed E-state index contributed by atoms with van der Waals surface area (Å²) in [4.78, 5) is 37.5. The third kappa shape index (κ3) is 3.52. The van der Waals surface area contributed by atoms with E-state index in [9.17, 15) is 18.8 Å². The Labute approximate surface area is 147 Å². The maximum Gasteiger partial charge on any atom is 0.268 e. The number of nitrogens with zero attached hydrogens (tertiary/aromatic N) is 1. The largest absolute Gasteiger partial charge is 0.287 e. The third-order valence-corrected chi connectivity index (χ3v) is 3.96. The summed E-state index contributed by atoms with van der Waals surface area (Å²) in [5, 5.41) is 0.481. The number of rotatable bonds is 4. The first-order chi connectivity index (χ1) is 12.0. The molecule has 3 rings (SSSR count). The lowest BCUT2D eigenvalue weighted by molar-refractivity contribution is -0.121. The first-order valence-electron chi connectivity index (χ1n) is 7.40. The van der Waals surface area contributed by atoms with Crippen LogP contribution in [-0.2, 0) is 9.59 Å². The van der Waals surface area contributed by atoms with Gasteiger partial charge in [0.25, 0.3) is 11.8 Å². The maximum atomic E-state index is 13.6. The summed E-state index contributed by atoms with van der Waals surface area (Å²) in [7, 11) is 0. The molecule has 2 aromatic rings. The lowest BCUT2D eigenvalue weighted by Gasteiger charge is -2.16. The predicted octanol–water partition coefficient (Wildman–Crippen LogP) is 2.05. The van der Waals surface area contributed by atoms with Crippen LogP contribution in [0.1, 0.15) is 16.8 Å². The molecule has 1 saturated heterocycles. The van der Waals surface area contributed by atoms with Crippen LogP contribution in [0, 0.1) is 5.82 Å². The number of hydrogen-bond acceptors (Lipinski definition) is 4. The second-order valence-corrected chi connectivity index (χ2v) is 5.82. The van der Waals surface area contributed by atoms with Gasteiger partial charge in [-0.2, -0.15) is 0 Å². The second kappa shape index (κ2) is 7.00. The topological polar surface area (TPSA) is 78.5 Å². The number of hydrogen-bond donors (Lipinski definition) is 2. The fourth-order valence-corrected chi connectivity index (χ4v) is 2.60. The average molecular weight is 362 g/mol. The van der Waals surface area contributed by atoms with Crippen molar-refractivity contribution in [3.05, 3.63) is 64.9 Å². The first-order valence-corrected chi connectivity index (χ1v) is 7.78. The summed E-state index contributed by atoms with van der Waals surface area (Å²) >= 11 is 5.80. The summed E-state index contributed by atoms with van der Waals surface area (Å²) in [5.41, 5.74) is 4.99. The van der Waals surface area contributed by atoms with E-state index in [4.69, 9.17) is 11.6 Å². The molecule has 6 nitrogen and oxygen atoms in total. The molecule has 1 fully saturated rings. The predicted molar refractivity (Wildman–Crippen MR) is 89.4 cm³/mol. The number of anilines is 1. The third-order valence-electron chi connectivity index (χ3n) is 3.71. The molecule has 1 atom stereocenters. The van der Waals surface area contributed by atoms with E-state index in [1.54, 1.807) is 24.3 Å². The van der Waals surface area contributed by atoms with Crippen molar-refractivity contribution in [1.29, 1.82) is 0 Å². The van der Waals surface area contributed by atoms with E-state index in [-0.39, 0.29) is 12.0 Å². The molecule has 1 aliphatic rings. The highest BCUT2D eigenvalue weighted by Gasteiger charge is 2.39. The van der Waals surface area contributed by atoms with Gasteiger partial charge in [-0.1, -0.05) is 23.7 Å². The Morgan fingerprint density at radius 1 is 1.12 bits per heavy atom. The van der Waals surface area contributed by atoms with Crippen LogP contribution < -0.4 is 15.8 Å². The minimum Gasteiger partial charge on any atom is -0.287 e. The molecule has 0 saturated carbocycles.